The van der Waals surface area contributed by atoms with Crippen molar-refractivity contribution in [3.63, 3.8) is 0 Å². The quantitative estimate of drug-likeness (QED) is 0.843. The summed E-state index contributed by atoms with van der Waals surface area (Å²) < 4.78 is 0.396. The molecular weight excluding hydrogens is 260 g/mol. The van der Waals surface area contributed by atoms with Crippen molar-refractivity contribution in [3.8, 4) is 0 Å². The van der Waals surface area contributed by atoms with Crippen LogP contribution in [-0.4, -0.2) is 28.6 Å². The summed E-state index contributed by atoms with van der Waals surface area (Å²) in [5.41, 5.74) is 7.83. The topological polar surface area (TPSA) is 29.3 Å². The molecule has 4 heteroatoms. The second-order valence-corrected chi connectivity index (χ2v) is 7.50. The van der Waals surface area contributed by atoms with Crippen LogP contribution in [0.25, 0.3) is 0 Å². The minimum absolute atomic E-state index is 0.396. The van der Waals surface area contributed by atoms with Crippen LogP contribution in [0.2, 0.25) is 0 Å². The predicted molar refractivity (Wildman–Crippen MR) is 85.7 cm³/mol. The largest absolute Gasteiger partial charge is 0.389 e. The summed E-state index contributed by atoms with van der Waals surface area (Å²) >= 11 is 7.04. The number of thioether (sulfide) groups is 1. The van der Waals surface area contributed by atoms with E-state index in [-0.39, 0.29) is 0 Å². The second kappa shape index (κ2) is 5.49. The predicted octanol–water partition coefficient (Wildman–Crippen LogP) is 3.04. The van der Waals surface area contributed by atoms with Crippen molar-refractivity contribution in [2.24, 2.45) is 5.73 Å². The molecule has 1 aromatic carbocycles. The van der Waals surface area contributed by atoms with Gasteiger partial charge in [0.1, 0.15) is 4.99 Å². The van der Waals surface area contributed by atoms with Crippen molar-refractivity contribution >= 4 is 34.7 Å². The van der Waals surface area contributed by atoms with Crippen molar-refractivity contribution in [2.75, 3.05) is 23.7 Å². The van der Waals surface area contributed by atoms with Crippen LogP contribution in [0.1, 0.15) is 25.8 Å². The highest BCUT2D eigenvalue weighted by molar-refractivity contribution is 8.00. The standard InChI is InChI=1S/C14H20N2S2/c1-14(2)7-8-16(9-10-18-14)12-5-3-11(4-6-12)13(15)17/h3-6H,7-10H2,1-2H3,(H2,15,17). The monoisotopic (exact) mass is 280 g/mol. The van der Waals surface area contributed by atoms with E-state index >= 15 is 0 Å². The number of thiocarbonyl (C=S) groups is 1. The SMILES string of the molecule is CC1(C)CCN(c2ccc(C(N)=S)cc2)CCS1. The first kappa shape index (κ1) is 13.7. The maximum atomic E-state index is 5.62. The van der Waals surface area contributed by atoms with Gasteiger partial charge in [-0.3, -0.25) is 0 Å². The summed E-state index contributed by atoms with van der Waals surface area (Å²) in [6, 6.07) is 8.27. The second-order valence-electron chi connectivity index (χ2n) is 5.26. The first-order chi connectivity index (χ1) is 8.48. The van der Waals surface area contributed by atoms with E-state index in [1.807, 2.05) is 12.1 Å². The van der Waals surface area contributed by atoms with Gasteiger partial charge in [-0.1, -0.05) is 26.1 Å². The minimum Gasteiger partial charge on any atom is -0.389 e. The summed E-state index contributed by atoms with van der Waals surface area (Å²) in [4.78, 5) is 2.92. The van der Waals surface area contributed by atoms with Crippen molar-refractivity contribution < 1.29 is 0 Å². The van der Waals surface area contributed by atoms with Gasteiger partial charge in [-0.2, -0.15) is 11.8 Å². The van der Waals surface area contributed by atoms with Gasteiger partial charge in [0.05, 0.1) is 0 Å². The van der Waals surface area contributed by atoms with E-state index in [4.69, 9.17) is 18.0 Å². The molecule has 0 bridgehead atoms. The highest BCUT2D eigenvalue weighted by Crippen LogP contribution is 2.32. The van der Waals surface area contributed by atoms with Gasteiger partial charge in [0.25, 0.3) is 0 Å². The average molecular weight is 280 g/mol. The molecule has 98 valence electrons. The van der Waals surface area contributed by atoms with E-state index in [1.54, 1.807) is 0 Å². The molecule has 0 unspecified atom stereocenters. The Morgan fingerprint density at radius 1 is 1.28 bits per heavy atom. The summed E-state index contributed by atoms with van der Waals surface area (Å²) in [6.45, 7) is 6.89. The number of rotatable bonds is 2. The Kier molecular flexibility index (Phi) is 4.17. The summed E-state index contributed by atoms with van der Waals surface area (Å²) in [5.74, 6) is 1.18. The molecule has 1 fully saturated rings. The number of nitrogens with zero attached hydrogens (tertiary/aromatic N) is 1. The summed E-state index contributed by atoms with van der Waals surface area (Å²) in [7, 11) is 0. The highest BCUT2D eigenvalue weighted by atomic mass is 32.2. The summed E-state index contributed by atoms with van der Waals surface area (Å²) in [5, 5.41) is 0. The first-order valence-electron chi connectivity index (χ1n) is 6.27. The van der Waals surface area contributed by atoms with Crippen LogP contribution < -0.4 is 10.6 Å². The van der Waals surface area contributed by atoms with Crippen LogP contribution in [0.5, 0.6) is 0 Å². The Morgan fingerprint density at radius 3 is 2.56 bits per heavy atom. The normalized spacial score (nSPS) is 19.3. The molecule has 0 aromatic heterocycles. The lowest BCUT2D eigenvalue weighted by Gasteiger charge is -2.24. The van der Waals surface area contributed by atoms with Gasteiger partial charge in [0.15, 0.2) is 0 Å². The molecule has 0 spiro atoms. The van der Waals surface area contributed by atoms with Gasteiger partial charge in [-0.25, -0.2) is 0 Å². The Bertz CT molecular complexity index is 426. The van der Waals surface area contributed by atoms with Crippen molar-refractivity contribution in [2.45, 2.75) is 25.0 Å². The van der Waals surface area contributed by atoms with E-state index in [9.17, 15) is 0 Å². The molecule has 0 aliphatic carbocycles. The highest BCUT2D eigenvalue weighted by Gasteiger charge is 2.23. The fourth-order valence-corrected chi connectivity index (χ4v) is 3.35. The van der Waals surface area contributed by atoms with E-state index in [1.165, 1.54) is 17.9 Å². The fraction of sp³-hybridized carbons (Fsp3) is 0.500. The van der Waals surface area contributed by atoms with Gasteiger partial charge in [-0.15, -0.1) is 0 Å². The van der Waals surface area contributed by atoms with Gasteiger partial charge in [0.2, 0.25) is 0 Å². The number of anilines is 1. The Morgan fingerprint density at radius 2 is 1.94 bits per heavy atom. The van der Waals surface area contributed by atoms with Crippen molar-refractivity contribution in [1.29, 1.82) is 0 Å². The maximum Gasteiger partial charge on any atom is 0.103 e. The minimum atomic E-state index is 0.396. The lowest BCUT2D eigenvalue weighted by atomic mass is 10.1. The molecule has 1 saturated heterocycles. The van der Waals surface area contributed by atoms with Crippen LogP contribution in [0.4, 0.5) is 5.69 Å². The van der Waals surface area contributed by atoms with Gasteiger partial charge in [-0.05, 0) is 30.7 Å². The molecule has 1 aliphatic rings. The lowest BCUT2D eigenvalue weighted by Crippen LogP contribution is -2.26. The molecule has 0 saturated carbocycles. The Balaban J connectivity index is 2.09. The van der Waals surface area contributed by atoms with Crippen LogP contribution in [0.15, 0.2) is 24.3 Å². The van der Waals surface area contributed by atoms with Crippen molar-refractivity contribution in [1.82, 2.24) is 0 Å². The number of benzene rings is 1. The lowest BCUT2D eigenvalue weighted by molar-refractivity contribution is 0.638. The zero-order chi connectivity index (χ0) is 13.2. The van der Waals surface area contributed by atoms with E-state index in [0.29, 0.717) is 9.74 Å². The van der Waals surface area contributed by atoms with Gasteiger partial charge in [0, 0.05) is 34.8 Å². The van der Waals surface area contributed by atoms with Crippen molar-refractivity contribution in [3.05, 3.63) is 29.8 Å². The van der Waals surface area contributed by atoms with E-state index < -0.39 is 0 Å². The molecule has 0 atom stereocenters. The molecule has 2 nitrogen and oxygen atoms in total. The molecule has 1 aromatic rings. The average Bonchev–Trinajstić information content (AvgIpc) is 2.50. The third-order valence-corrected chi connectivity index (χ3v) is 4.96. The van der Waals surface area contributed by atoms with Crippen LogP contribution in [0, 0.1) is 0 Å². The van der Waals surface area contributed by atoms with Crippen LogP contribution >= 0.6 is 24.0 Å². The third-order valence-electron chi connectivity index (χ3n) is 3.35. The first-order valence-corrected chi connectivity index (χ1v) is 7.66. The molecule has 2 rings (SSSR count). The number of hydrogen-bond donors (Lipinski definition) is 1. The molecule has 2 N–H and O–H groups in total. The molecular formula is C14H20N2S2. The number of nitrogens with two attached hydrogens (primary N) is 1. The molecule has 0 amide bonds. The fourth-order valence-electron chi connectivity index (χ4n) is 2.12. The van der Waals surface area contributed by atoms with E-state index in [2.05, 4.69) is 42.6 Å². The smallest absolute Gasteiger partial charge is 0.103 e. The molecule has 1 aliphatic heterocycles. The molecule has 0 radical (unpaired) electrons. The van der Waals surface area contributed by atoms with E-state index in [0.717, 1.165) is 18.7 Å². The Hall–Kier alpha value is -0.740. The zero-order valence-electron chi connectivity index (χ0n) is 11.0. The zero-order valence-corrected chi connectivity index (χ0v) is 12.6. The van der Waals surface area contributed by atoms with Gasteiger partial charge >= 0.3 is 0 Å². The number of hydrogen-bond acceptors (Lipinski definition) is 3. The third kappa shape index (κ3) is 3.39. The van der Waals surface area contributed by atoms with Crippen LogP contribution in [-0.2, 0) is 0 Å². The van der Waals surface area contributed by atoms with Gasteiger partial charge < -0.3 is 10.6 Å². The molecule has 18 heavy (non-hydrogen) atoms. The summed E-state index contributed by atoms with van der Waals surface area (Å²) in [6.07, 6.45) is 1.22. The molecule has 1 heterocycles. The maximum absolute atomic E-state index is 5.62. The Labute approximate surface area is 119 Å². The van der Waals surface area contributed by atoms with Crippen LogP contribution in [0.3, 0.4) is 0 Å².